The number of hydrogen-bond donors (Lipinski definition) is 1. The average Bonchev–Trinajstić information content (AvgIpc) is 2.73. The number of hydrogen-bond acceptors (Lipinski definition) is 2. The topological polar surface area (TPSA) is 23.5 Å². The van der Waals surface area contributed by atoms with E-state index >= 15 is 0 Å². The van der Waals surface area contributed by atoms with Crippen molar-refractivity contribution in [2.45, 2.75) is 32.3 Å². The Kier molecular flexibility index (Phi) is 3.83. The van der Waals surface area contributed by atoms with E-state index in [1.807, 2.05) is 6.07 Å². The molecule has 1 aromatic rings. The van der Waals surface area contributed by atoms with Crippen LogP contribution in [0.3, 0.4) is 0 Å². The van der Waals surface area contributed by atoms with Crippen LogP contribution < -0.4 is 4.90 Å². The Balaban J connectivity index is 2.00. The average molecular weight is 219 g/mol. The van der Waals surface area contributed by atoms with Crippen molar-refractivity contribution < 1.29 is 5.11 Å². The first-order chi connectivity index (χ1) is 7.81. The molecule has 1 saturated carbocycles. The van der Waals surface area contributed by atoms with Crippen LogP contribution >= 0.6 is 0 Å². The number of benzene rings is 1. The monoisotopic (exact) mass is 219 g/mol. The van der Waals surface area contributed by atoms with E-state index < -0.39 is 0 Å². The molecule has 0 aromatic heterocycles. The maximum Gasteiger partial charge on any atom is 0.0585 e. The zero-order chi connectivity index (χ0) is 11.4. The molecule has 0 bridgehead atoms. The summed E-state index contributed by atoms with van der Waals surface area (Å²) in [6.07, 6.45) is 3.25. The van der Waals surface area contributed by atoms with E-state index in [1.54, 1.807) is 0 Å². The lowest BCUT2D eigenvalue weighted by molar-refractivity contribution is 0.135. The van der Waals surface area contributed by atoms with E-state index in [0.717, 1.165) is 19.5 Å². The van der Waals surface area contributed by atoms with Gasteiger partial charge in [-0.15, -0.1) is 0 Å². The Labute approximate surface area is 97.9 Å². The molecule has 0 radical (unpaired) electrons. The number of anilines is 1. The van der Waals surface area contributed by atoms with Crippen LogP contribution in [0.2, 0.25) is 0 Å². The maximum atomic E-state index is 9.85. The first kappa shape index (κ1) is 11.5. The zero-order valence-electron chi connectivity index (χ0n) is 9.97. The third kappa shape index (κ3) is 2.56. The molecule has 88 valence electrons. The highest BCUT2D eigenvalue weighted by Crippen LogP contribution is 2.27. The molecule has 0 heterocycles. The molecule has 1 aliphatic rings. The fourth-order valence-electron chi connectivity index (χ4n) is 2.57. The predicted molar refractivity (Wildman–Crippen MR) is 67.7 cm³/mol. The number of para-hydroxylation sites is 1. The first-order valence-electron chi connectivity index (χ1n) is 6.29. The molecule has 0 amide bonds. The van der Waals surface area contributed by atoms with Gasteiger partial charge in [0.2, 0.25) is 0 Å². The normalized spacial score (nSPS) is 24.6. The molecule has 1 fully saturated rings. The fourth-order valence-corrected chi connectivity index (χ4v) is 2.57. The van der Waals surface area contributed by atoms with Crippen molar-refractivity contribution in [2.24, 2.45) is 5.92 Å². The fraction of sp³-hybridized carbons (Fsp3) is 0.571. The highest BCUT2D eigenvalue weighted by atomic mass is 16.3. The highest BCUT2D eigenvalue weighted by Gasteiger charge is 2.26. The van der Waals surface area contributed by atoms with Gasteiger partial charge in [0.25, 0.3) is 0 Å². The van der Waals surface area contributed by atoms with Crippen molar-refractivity contribution in [1.29, 1.82) is 0 Å². The van der Waals surface area contributed by atoms with E-state index in [2.05, 4.69) is 36.1 Å². The van der Waals surface area contributed by atoms with Gasteiger partial charge in [-0.2, -0.15) is 0 Å². The summed E-state index contributed by atoms with van der Waals surface area (Å²) in [7, 11) is 0. The van der Waals surface area contributed by atoms with Gasteiger partial charge in [0.05, 0.1) is 6.10 Å². The van der Waals surface area contributed by atoms with Crippen molar-refractivity contribution in [3.8, 4) is 0 Å². The van der Waals surface area contributed by atoms with Gasteiger partial charge < -0.3 is 10.0 Å². The molecule has 0 aliphatic heterocycles. The standard InChI is InChI=1S/C14H21NO/c1-2-15(13-8-4-3-5-9-13)11-12-7-6-10-14(12)16/h3-5,8-9,12,14,16H,2,6-7,10-11H2,1H3. The van der Waals surface area contributed by atoms with Crippen LogP contribution in [0.15, 0.2) is 30.3 Å². The third-order valence-corrected chi connectivity index (χ3v) is 3.58. The van der Waals surface area contributed by atoms with Crippen LogP contribution in [0.4, 0.5) is 5.69 Å². The van der Waals surface area contributed by atoms with Crippen molar-refractivity contribution >= 4 is 5.69 Å². The summed E-state index contributed by atoms with van der Waals surface area (Å²) in [4.78, 5) is 2.36. The molecule has 2 nitrogen and oxygen atoms in total. The van der Waals surface area contributed by atoms with Crippen LogP contribution in [-0.2, 0) is 0 Å². The summed E-state index contributed by atoms with van der Waals surface area (Å²) in [6.45, 7) is 4.17. The quantitative estimate of drug-likeness (QED) is 0.841. The Morgan fingerprint density at radius 2 is 2.00 bits per heavy atom. The van der Waals surface area contributed by atoms with Crippen molar-refractivity contribution in [3.63, 3.8) is 0 Å². The second-order valence-corrected chi connectivity index (χ2v) is 4.63. The Morgan fingerprint density at radius 1 is 1.25 bits per heavy atom. The SMILES string of the molecule is CCN(CC1CCCC1O)c1ccccc1. The Hall–Kier alpha value is -1.02. The minimum absolute atomic E-state index is 0.0854. The molecule has 0 saturated heterocycles. The van der Waals surface area contributed by atoms with Crippen LogP contribution in [-0.4, -0.2) is 24.3 Å². The summed E-state index contributed by atoms with van der Waals surface area (Å²) >= 11 is 0. The molecule has 2 unspecified atom stereocenters. The summed E-state index contributed by atoms with van der Waals surface area (Å²) in [5.41, 5.74) is 1.27. The van der Waals surface area contributed by atoms with Crippen molar-refractivity contribution in [2.75, 3.05) is 18.0 Å². The van der Waals surface area contributed by atoms with E-state index in [0.29, 0.717) is 5.92 Å². The van der Waals surface area contributed by atoms with E-state index in [1.165, 1.54) is 18.5 Å². The van der Waals surface area contributed by atoms with E-state index in [4.69, 9.17) is 0 Å². The lowest BCUT2D eigenvalue weighted by Gasteiger charge is -2.27. The summed E-state index contributed by atoms with van der Waals surface area (Å²) in [5.74, 6) is 0.458. The Bertz CT molecular complexity index is 312. The van der Waals surface area contributed by atoms with Crippen molar-refractivity contribution in [1.82, 2.24) is 0 Å². The molecule has 1 aliphatic carbocycles. The van der Waals surface area contributed by atoms with Gasteiger partial charge in [0.1, 0.15) is 0 Å². The van der Waals surface area contributed by atoms with E-state index in [9.17, 15) is 5.11 Å². The highest BCUT2D eigenvalue weighted by molar-refractivity contribution is 5.45. The van der Waals surface area contributed by atoms with Gasteiger partial charge in [0.15, 0.2) is 0 Å². The lowest BCUT2D eigenvalue weighted by atomic mass is 10.1. The smallest absolute Gasteiger partial charge is 0.0585 e. The molecular formula is C14H21NO. The van der Waals surface area contributed by atoms with Gasteiger partial charge in [-0.25, -0.2) is 0 Å². The molecule has 1 N–H and O–H groups in total. The minimum atomic E-state index is -0.0854. The maximum absolute atomic E-state index is 9.85. The number of aliphatic hydroxyl groups excluding tert-OH is 1. The second-order valence-electron chi connectivity index (χ2n) is 4.63. The largest absolute Gasteiger partial charge is 0.393 e. The molecule has 0 spiro atoms. The predicted octanol–water partition coefficient (Wildman–Crippen LogP) is 2.67. The van der Waals surface area contributed by atoms with Crippen LogP contribution in [0.5, 0.6) is 0 Å². The number of aliphatic hydroxyl groups is 1. The molecule has 2 atom stereocenters. The van der Waals surface area contributed by atoms with Crippen LogP contribution in [0.25, 0.3) is 0 Å². The van der Waals surface area contributed by atoms with Gasteiger partial charge in [-0.05, 0) is 31.9 Å². The van der Waals surface area contributed by atoms with Gasteiger partial charge >= 0.3 is 0 Å². The van der Waals surface area contributed by atoms with Gasteiger partial charge in [-0.3, -0.25) is 0 Å². The Morgan fingerprint density at radius 3 is 2.56 bits per heavy atom. The molecular weight excluding hydrogens is 198 g/mol. The van der Waals surface area contributed by atoms with Gasteiger partial charge in [0, 0.05) is 24.7 Å². The van der Waals surface area contributed by atoms with Crippen molar-refractivity contribution in [3.05, 3.63) is 30.3 Å². The number of nitrogens with zero attached hydrogens (tertiary/aromatic N) is 1. The summed E-state index contributed by atoms with van der Waals surface area (Å²) in [6, 6.07) is 10.5. The molecule has 16 heavy (non-hydrogen) atoms. The summed E-state index contributed by atoms with van der Waals surface area (Å²) < 4.78 is 0. The van der Waals surface area contributed by atoms with Gasteiger partial charge in [-0.1, -0.05) is 24.6 Å². The third-order valence-electron chi connectivity index (χ3n) is 3.58. The van der Waals surface area contributed by atoms with E-state index in [-0.39, 0.29) is 6.10 Å². The zero-order valence-corrected chi connectivity index (χ0v) is 9.97. The lowest BCUT2D eigenvalue weighted by Crippen LogP contribution is -2.32. The molecule has 2 rings (SSSR count). The molecule has 2 heteroatoms. The van der Waals surface area contributed by atoms with Crippen LogP contribution in [0.1, 0.15) is 26.2 Å². The van der Waals surface area contributed by atoms with Crippen LogP contribution in [0, 0.1) is 5.92 Å². The minimum Gasteiger partial charge on any atom is -0.393 e. The second kappa shape index (κ2) is 5.35. The molecule has 1 aromatic carbocycles. The first-order valence-corrected chi connectivity index (χ1v) is 6.29. The summed E-state index contributed by atoms with van der Waals surface area (Å²) in [5, 5.41) is 9.85. The number of rotatable bonds is 4.